The van der Waals surface area contributed by atoms with Crippen LogP contribution in [0.15, 0.2) is 102 Å². The maximum absolute atomic E-state index is 4.80. The molecular weight excluding hydrogens is 422 g/mol. The van der Waals surface area contributed by atoms with E-state index in [1.807, 2.05) is 66.7 Å². The lowest BCUT2D eigenvalue weighted by Gasteiger charge is -2.09. The highest BCUT2D eigenvalue weighted by Crippen LogP contribution is 2.27. The van der Waals surface area contributed by atoms with E-state index < -0.39 is 0 Å². The largest absolute Gasteiger partial charge is 0.208 e. The van der Waals surface area contributed by atoms with Gasteiger partial charge in [0.1, 0.15) is 0 Å². The molecule has 0 N–H and O–H groups in total. The van der Waals surface area contributed by atoms with Gasteiger partial charge < -0.3 is 0 Å². The third-order valence-corrected chi connectivity index (χ3v) is 5.31. The van der Waals surface area contributed by atoms with E-state index in [4.69, 9.17) is 15.0 Å². The maximum atomic E-state index is 4.80. The summed E-state index contributed by atoms with van der Waals surface area (Å²) < 4.78 is 1.02. The Morgan fingerprint density at radius 2 is 0.966 bits per heavy atom. The number of halogens is 1. The molecule has 0 bridgehead atoms. The summed E-state index contributed by atoms with van der Waals surface area (Å²) in [4.78, 5) is 14.3. The molecule has 0 saturated carbocycles. The van der Waals surface area contributed by atoms with Crippen LogP contribution in [-0.4, -0.2) is 15.0 Å². The molecule has 0 unspecified atom stereocenters. The minimum atomic E-state index is 0.662. The molecule has 0 atom stereocenters. The van der Waals surface area contributed by atoms with E-state index in [0.717, 1.165) is 26.5 Å². The molecule has 3 nitrogen and oxygen atoms in total. The monoisotopic (exact) mass is 437 g/mol. The van der Waals surface area contributed by atoms with Crippen LogP contribution in [-0.2, 0) is 0 Å². The molecule has 5 rings (SSSR count). The summed E-state index contributed by atoms with van der Waals surface area (Å²) in [6.45, 7) is 0. The van der Waals surface area contributed by atoms with Crippen LogP contribution >= 0.6 is 15.9 Å². The highest BCUT2D eigenvalue weighted by molar-refractivity contribution is 9.10. The molecule has 4 heteroatoms. The van der Waals surface area contributed by atoms with E-state index in [2.05, 4.69) is 46.3 Å². The molecule has 0 aliphatic heterocycles. The van der Waals surface area contributed by atoms with Crippen molar-refractivity contribution in [2.24, 2.45) is 0 Å². The number of hydrogen-bond donors (Lipinski definition) is 0. The predicted octanol–water partition coefficient (Wildman–Crippen LogP) is 6.79. The Labute approximate surface area is 177 Å². The molecule has 0 amide bonds. The standard InChI is InChI=1S/C25H16BrN3/c26-22-14-12-19(13-15-22)24-27-23(18-7-2-1-3-8-18)28-25(29-24)21-11-10-17-6-4-5-9-20(17)16-21/h1-16H. The van der Waals surface area contributed by atoms with Crippen molar-refractivity contribution in [2.45, 2.75) is 0 Å². The maximum Gasteiger partial charge on any atom is 0.164 e. The zero-order chi connectivity index (χ0) is 19.6. The SMILES string of the molecule is Brc1ccc(-c2nc(-c3ccccc3)nc(-c3ccc4ccccc4c3)n2)cc1. The van der Waals surface area contributed by atoms with Gasteiger partial charge in [-0.25, -0.2) is 15.0 Å². The number of nitrogens with zero attached hydrogens (tertiary/aromatic N) is 3. The topological polar surface area (TPSA) is 38.7 Å². The molecule has 29 heavy (non-hydrogen) atoms. The molecule has 0 saturated heterocycles. The normalized spacial score (nSPS) is 10.9. The van der Waals surface area contributed by atoms with Crippen LogP contribution in [0.2, 0.25) is 0 Å². The fraction of sp³-hybridized carbons (Fsp3) is 0. The van der Waals surface area contributed by atoms with Crippen molar-refractivity contribution in [2.75, 3.05) is 0 Å². The zero-order valence-electron chi connectivity index (χ0n) is 15.5. The van der Waals surface area contributed by atoms with Gasteiger partial charge in [-0.2, -0.15) is 0 Å². The average molecular weight is 438 g/mol. The van der Waals surface area contributed by atoms with Gasteiger partial charge in [0.25, 0.3) is 0 Å². The van der Waals surface area contributed by atoms with E-state index in [9.17, 15) is 0 Å². The van der Waals surface area contributed by atoms with E-state index in [1.54, 1.807) is 0 Å². The Balaban J connectivity index is 1.71. The van der Waals surface area contributed by atoms with Crippen LogP contribution in [0.3, 0.4) is 0 Å². The summed E-state index contributed by atoms with van der Waals surface area (Å²) in [7, 11) is 0. The summed E-state index contributed by atoms with van der Waals surface area (Å²) in [6.07, 6.45) is 0. The quantitative estimate of drug-likeness (QED) is 0.311. The number of hydrogen-bond acceptors (Lipinski definition) is 3. The van der Waals surface area contributed by atoms with E-state index in [0.29, 0.717) is 17.5 Å². The molecule has 0 fully saturated rings. The van der Waals surface area contributed by atoms with Gasteiger partial charge >= 0.3 is 0 Å². The zero-order valence-corrected chi connectivity index (χ0v) is 17.0. The van der Waals surface area contributed by atoms with Gasteiger partial charge in [-0.15, -0.1) is 0 Å². The van der Waals surface area contributed by atoms with Gasteiger partial charge in [0.15, 0.2) is 17.5 Å². The highest BCUT2D eigenvalue weighted by Gasteiger charge is 2.12. The summed E-state index contributed by atoms with van der Waals surface area (Å²) in [5.41, 5.74) is 2.90. The van der Waals surface area contributed by atoms with Gasteiger partial charge in [0.05, 0.1) is 0 Å². The molecule has 0 radical (unpaired) electrons. The van der Waals surface area contributed by atoms with E-state index in [-0.39, 0.29) is 0 Å². The highest BCUT2D eigenvalue weighted by atomic mass is 79.9. The molecule has 1 aromatic heterocycles. The van der Waals surface area contributed by atoms with Crippen molar-refractivity contribution < 1.29 is 0 Å². The Morgan fingerprint density at radius 1 is 0.448 bits per heavy atom. The van der Waals surface area contributed by atoms with Gasteiger partial charge in [-0.3, -0.25) is 0 Å². The van der Waals surface area contributed by atoms with Gasteiger partial charge in [0.2, 0.25) is 0 Å². The Kier molecular flexibility index (Phi) is 4.62. The second kappa shape index (κ2) is 7.57. The first kappa shape index (κ1) is 17.7. The minimum absolute atomic E-state index is 0.662. The third-order valence-electron chi connectivity index (χ3n) is 4.78. The summed E-state index contributed by atoms with van der Waals surface area (Å²) in [6, 6.07) is 32.6. The first-order chi connectivity index (χ1) is 14.3. The lowest BCUT2D eigenvalue weighted by atomic mass is 10.1. The van der Waals surface area contributed by atoms with Crippen molar-refractivity contribution in [1.29, 1.82) is 0 Å². The predicted molar refractivity (Wildman–Crippen MR) is 121 cm³/mol. The molecule has 0 aliphatic rings. The molecular formula is C25H16BrN3. The van der Waals surface area contributed by atoms with Gasteiger partial charge in [0, 0.05) is 21.2 Å². The van der Waals surface area contributed by atoms with Crippen LogP contribution < -0.4 is 0 Å². The molecule has 0 aliphatic carbocycles. The van der Waals surface area contributed by atoms with Crippen LogP contribution in [0.1, 0.15) is 0 Å². The molecule has 5 aromatic rings. The van der Waals surface area contributed by atoms with Crippen LogP contribution in [0, 0.1) is 0 Å². The fourth-order valence-corrected chi connectivity index (χ4v) is 3.54. The van der Waals surface area contributed by atoms with Crippen molar-refractivity contribution in [3.8, 4) is 34.2 Å². The molecule has 4 aromatic carbocycles. The van der Waals surface area contributed by atoms with Crippen molar-refractivity contribution in [1.82, 2.24) is 15.0 Å². The lowest BCUT2D eigenvalue weighted by molar-refractivity contribution is 1.07. The third kappa shape index (κ3) is 3.67. The molecule has 0 spiro atoms. The van der Waals surface area contributed by atoms with Gasteiger partial charge in [-0.1, -0.05) is 94.8 Å². The van der Waals surface area contributed by atoms with Crippen molar-refractivity contribution >= 4 is 26.7 Å². The summed E-state index contributed by atoms with van der Waals surface area (Å²) in [5, 5.41) is 2.36. The molecule has 1 heterocycles. The van der Waals surface area contributed by atoms with Crippen LogP contribution in [0.4, 0.5) is 0 Å². The smallest absolute Gasteiger partial charge is 0.164 e. The second-order valence-electron chi connectivity index (χ2n) is 6.74. The number of fused-ring (bicyclic) bond motifs is 1. The summed E-state index contributed by atoms with van der Waals surface area (Å²) >= 11 is 3.49. The van der Waals surface area contributed by atoms with Crippen LogP contribution in [0.5, 0.6) is 0 Å². The minimum Gasteiger partial charge on any atom is -0.208 e. The number of benzene rings is 4. The first-order valence-corrected chi connectivity index (χ1v) is 10.1. The Bertz CT molecular complexity index is 1300. The van der Waals surface area contributed by atoms with E-state index >= 15 is 0 Å². The number of aromatic nitrogens is 3. The average Bonchev–Trinajstić information content (AvgIpc) is 2.79. The Morgan fingerprint density at radius 3 is 1.66 bits per heavy atom. The Hall–Kier alpha value is -3.37. The lowest BCUT2D eigenvalue weighted by Crippen LogP contribution is -2.00. The van der Waals surface area contributed by atoms with Crippen molar-refractivity contribution in [3.05, 3.63) is 102 Å². The van der Waals surface area contributed by atoms with E-state index in [1.165, 1.54) is 5.39 Å². The second-order valence-corrected chi connectivity index (χ2v) is 7.66. The van der Waals surface area contributed by atoms with Crippen molar-refractivity contribution in [3.63, 3.8) is 0 Å². The summed E-state index contributed by atoms with van der Waals surface area (Å²) in [5.74, 6) is 2.00. The van der Waals surface area contributed by atoms with Gasteiger partial charge in [-0.05, 0) is 29.0 Å². The first-order valence-electron chi connectivity index (χ1n) is 9.33. The molecule has 138 valence electrons. The number of rotatable bonds is 3. The van der Waals surface area contributed by atoms with Crippen LogP contribution in [0.25, 0.3) is 44.9 Å². The fourth-order valence-electron chi connectivity index (χ4n) is 3.28.